The van der Waals surface area contributed by atoms with E-state index in [1.165, 1.54) is 24.5 Å². The zero-order valence-electron chi connectivity index (χ0n) is 16.3. The van der Waals surface area contributed by atoms with Gasteiger partial charge in [-0.15, -0.1) is 11.3 Å². The van der Waals surface area contributed by atoms with Crippen LogP contribution in [-0.4, -0.2) is 33.8 Å². The number of benzene rings is 2. The number of hydrogen-bond donors (Lipinski definition) is 1. The monoisotopic (exact) mass is 481 g/mol. The molecule has 0 bridgehead atoms. The molecule has 0 aliphatic rings. The van der Waals surface area contributed by atoms with Gasteiger partial charge in [0, 0.05) is 33.8 Å². The fraction of sp³-hybridized carbons (Fsp3) is 0.286. The largest absolute Gasteiger partial charge is 0.493 e. The van der Waals surface area contributed by atoms with Crippen LogP contribution < -0.4 is 14.8 Å². The van der Waals surface area contributed by atoms with Crippen LogP contribution >= 0.6 is 27.3 Å². The predicted molar refractivity (Wildman–Crippen MR) is 116 cm³/mol. The normalized spacial score (nSPS) is 10.9. The van der Waals surface area contributed by atoms with E-state index in [9.17, 15) is 9.18 Å². The summed E-state index contributed by atoms with van der Waals surface area (Å²) in [4.78, 5) is 13.3. The topological polar surface area (TPSA) is 56.8 Å². The average molecular weight is 482 g/mol. The quantitative estimate of drug-likeness (QED) is 0.494. The number of fused-ring (bicyclic) bond motifs is 1. The Hall–Kier alpha value is -2.16. The van der Waals surface area contributed by atoms with Crippen LogP contribution in [0.15, 0.2) is 34.8 Å². The Kier molecular flexibility index (Phi) is 7.10. The maximum atomic E-state index is 14.3. The molecule has 154 valence electrons. The number of methoxy groups -OCH3 is 3. The molecule has 0 fully saturated rings. The molecule has 0 aliphatic carbocycles. The molecule has 0 spiro atoms. The second-order valence-corrected chi connectivity index (χ2v) is 8.17. The van der Waals surface area contributed by atoms with E-state index in [0.29, 0.717) is 40.3 Å². The molecule has 8 heteroatoms. The molecule has 3 rings (SSSR count). The second kappa shape index (κ2) is 9.56. The minimum atomic E-state index is -0.348. The molecular formula is C21H21BrFNO4S. The highest BCUT2D eigenvalue weighted by Crippen LogP contribution is 2.35. The number of carbonyl (C=O) groups is 1. The van der Waals surface area contributed by atoms with Gasteiger partial charge >= 0.3 is 0 Å². The number of carbonyl (C=O) groups excluding carboxylic acids is 1. The first-order valence-electron chi connectivity index (χ1n) is 8.87. The van der Waals surface area contributed by atoms with E-state index in [-0.39, 0.29) is 18.3 Å². The third-order valence-corrected chi connectivity index (χ3v) is 6.42. The first-order chi connectivity index (χ1) is 14.0. The van der Waals surface area contributed by atoms with E-state index in [1.54, 1.807) is 26.4 Å². The molecule has 1 heterocycles. The fourth-order valence-electron chi connectivity index (χ4n) is 3.11. The molecule has 29 heavy (non-hydrogen) atoms. The molecule has 1 aromatic heterocycles. The van der Waals surface area contributed by atoms with Gasteiger partial charge in [-0.3, -0.25) is 4.79 Å². The van der Waals surface area contributed by atoms with Gasteiger partial charge in [0.05, 0.1) is 25.7 Å². The van der Waals surface area contributed by atoms with Crippen molar-refractivity contribution in [1.82, 2.24) is 5.32 Å². The van der Waals surface area contributed by atoms with Crippen LogP contribution in [0, 0.1) is 5.82 Å². The summed E-state index contributed by atoms with van der Waals surface area (Å²) >= 11 is 4.79. The van der Waals surface area contributed by atoms with Gasteiger partial charge in [-0.25, -0.2) is 4.39 Å². The summed E-state index contributed by atoms with van der Waals surface area (Å²) in [5.74, 6) is 0.663. The summed E-state index contributed by atoms with van der Waals surface area (Å²) < 4.78 is 31.7. The Morgan fingerprint density at radius 2 is 1.90 bits per heavy atom. The standard InChI is InChI=1S/C21H21BrFNO4S/c1-26-11-13-19-15(23)5-4-6-18(19)29-20(13)21(25)24-8-7-12-9-16(27-2)17(28-3)10-14(12)22/h4-6,9-10H,7-8,11H2,1-3H3,(H,24,25). The van der Waals surface area contributed by atoms with Crippen molar-refractivity contribution in [3.63, 3.8) is 0 Å². The van der Waals surface area contributed by atoms with Crippen LogP contribution in [0.5, 0.6) is 11.5 Å². The Balaban J connectivity index is 1.77. The summed E-state index contributed by atoms with van der Waals surface area (Å²) in [6.45, 7) is 0.584. The number of nitrogens with one attached hydrogen (secondary N) is 1. The lowest BCUT2D eigenvalue weighted by atomic mass is 10.1. The lowest BCUT2D eigenvalue weighted by Gasteiger charge is -2.12. The van der Waals surface area contributed by atoms with E-state index in [2.05, 4.69) is 21.2 Å². The van der Waals surface area contributed by atoms with Gasteiger partial charge in [0.1, 0.15) is 5.82 Å². The predicted octanol–water partition coefficient (Wildman–Crippen LogP) is 4.94. The maximum absolute atomic E-state index is 14.3. The first kappa shape index (κ1) is 21.5. The summed E-state index contributed by atoms with van der Waals surface area (Å²) in [5.41, 5.74) is 1.55. The average Bonchev–Trinajstić information content (AvgIpc) is 3.09. The van der Waals surface area contributed by atoms with Crippen molar-refractivity contribution >= 4 is 43.3 Å². The number of halogens is 2. The molecule has 5 nitrogen and oxygen atoms in total. The molecule has 1 amide bonds. The number of amides is 1. The molecular weight excluding hydrogens is 461 g/mol. The smallest absolute Gasteiger partial charge is 0.261 e. The number of ether oxygens (including phenoxy) is 3. The zero-order valence-corrected chi connectivity index (χ0v) is 18.7. The van der Waals surface area contributed by atoms with Gasteiger partial charge in [-0.05, 0) is 36.2 Å². The Morgan fingerprint density at radius 3 is 2.59 bits per heavy atom. The minimum absolute atomic E-state index is 0.172. The molecule has 0 saturated carbocycles. The minimum Gasteiger partial charge on any atom is -0.493 e. The van der Waals surface area contributed by atoms with E-state index in [0.717, 1.165) is 14.7 Å². The third-order valence-electron chi connectivity index (χ3n) is 4.49. The Labute approximate surface area is 180 Å². The van der Waals surface area contributed by atoms with E-state index < -0.39 is 0 Å². The molecule has 0 radical (unpaired) electrons. The van der Waals surface area contributed by atoms with Gasteiger partial charge in [0.15, 0.2) is 11.5 Å². The lowest BCUT2D eigenvalue weighted by molar-refractivity contribution is 0.0954. The highest BCUT2D eigenvalue weighted by atomic mass is 79.9. The summed E-state index contributed by atoms with van der Waals surface area (Å²) in [7, 11) is 4.69. The number of hydrogen-bond acceptors (Lipinski definition) is 5. The van der Waals surface area contributed by atoms with Gasteiger partial charge in [0.2, 0.25) is 0 Å². The maximum Gasteiger partial charge on any atom is 0.261 e. The van der Waals surface area contributed by atoms with Gasteiger partial charge < -0.3 is 19.5 Å². The Bertz CT molecular complexity index is 1040. The van der Waals surface area contributed by atoms with Crippen molar-refractivity contribution in [1.29, 1.82) is 0 Å². The van der Waals surface area contributed by atoms with Crippen LogP contribution in [0.4, 0.5) is 4.39 Å². The molecule has 0 aliphatic heterocycles. The van der Waals surface area contributed by atoms with E-state index in [1.807, 2.05) is 12.1 Å². The van der Waals surface area contributed by atoms with E-state index >= 15 is 0 Å². The van der Waals surface area contributed by atoms with Crippen LogP contribution in [0.1, 0.15) is 20.8 Å². The highest BCUT2D eigenvalue weighted by Gasteiger charge is 2.20. The van der Waals surface area contributed by atoms with Crippen molar-refractivity contribution in [3.8, 4) is 11.5 Å². The van der Waals surface area contributed by atoms with Crippen LogP contribution in [0.3, 0.4) is 0 Å². The van der Waals surface area contributed by atoms with E-state index in [4.69, 9.17) is 14.2 Å². The molecule has 3 aromatic rings. The van der Waals surface area contributed by atoms with Crippen molar-refractivity contribution in [2.45, 2.75) is 13.0 Å². The second-order valence-electron chi connectivity index (χ2n) is 6.26. The fourth-order valence-corrected chi connectivity index (χ4v) is 4.77. The van der Waals surface area contributed by atoms with Crippen LogP contribution in [0.25, 0.3) is 10.1 Å². The SMILES string of the molecule is COCc1c(C(=O)NCCc2cc(OC)c(OC)cc2Br)sc2cccc(F)c12. The summed E-state index contributed by atoms with van der Waals surface area (Å²) in [5, 5.41) is 3.37. The van der Waals surface area contributed by atoms with Crippen LogP contribution in [-0.2, 0) is 17.8 Å². The lowest BCUT2D eigenvalue weighted by Crippen LogP contribution is -2.26. The number of rotatable bonds is 8. The van der Waals surface area contributed by atoms with Crippen molar-refractivity contribution < 1.29 is 23.4 Å². The summed E-state index contributed by atoms with van der Waals surface area (Å²) in [6, 6.07) is 8.55. The zero-order chi connectivity index (χ0) is 21.0. The first-order valence-corrected chi connectivity index (χ1v) is 10.5. The van der Waals surface area contributed by atoms with Crippen molar-refractivity contribution in [2.24, 2.45) is 0 Å². The molecule has 0 atom stereocenters. The van der Waals surface area contributed by atoms with Crippen molar-refractivity contribution in [2.75, 3.05) is 27.9 Å². The Morgan fingerprint density at radius 1 is 1.17 bits per heavy atom. The number of thiophene rings is 1. The van der Waals surface area contributed by atoms with Crippen molar-refractivity contribution in [3.05, 3.63) is 56.6 Å². The highest BCUT2D eigenvalue weighted by molar-refractivity contribution is 9.10. The molecule has 0 unspecified atom stereocenters. The van der Waals surface area contributed by atoms with Gasteiger partial charge in [-0.2, -0.15) is 0 Å². The molecule has 0 saturated heterocycles. The van der Waals surface area contributed by atoms with Gasteiger partial charge in [-0.1, -0.05) is 22.0 Å². The van der Waals surface area contributed by atoms with Crippen LogP contribution in [0.2, 0.25) is 0 Å². The molecule has 1 N–H and O–H groups in total. The van der Waals surface area contributed by atoms with Gasteiger partial charge in [0.25, 0.3) is 5.91 Å². The third kappa shape index (κ3) is 4.55. The summed E-state index contributed by atoms with van der Waals surface area (Å²) in [6.07, 6.45) is 0.589. The molecule has 2 aromatic carbocycles.